The fourth-order valence-corrected chi connectivity index (χ4v) is 6.31. The fourth-order valence-electron chi connectivity index (χ4n) is 4.60. The highest BCUT2D eigenvalue weighted by atomic mass is 35.5. The number of aryl methyl sites for hydroxylation is 1. The van der Waals surface area contributed by atoms with Crippen LogP contribution >= 0.6 is 11.6 Å². The molecule has 0 aliphatic carbocycles. The average molecular weight is 565 g/mol. The number of ether oxygens (including phenoxy) is 1. The molecule has 1 aliphatic heterocycles. The highest BCUT2D eigenvalue weighted by Crippen LogP contribution is 2.32. The summed E-state index contributed by atoms with van der Waals surface area (Å²) >= 11 is 6.04. The van der Waals surface area contributed by atoms with E-state index in [-0.39, 0.29) is 17.4 Å². The predicted octanol–water partition coefficient (Wildman–Crippen LogP) is 5.03. The zero-order valence-corrected chi connectivity index (χ0v) is 22.8. The van der Waals surface area contributed by atoms with Crippen LogP contribution in [0.4, 0.5) is 11.4 Å². The number of nitrogens with one attached hydrogen (secondary N) is 2. The number of pyridine rings is 1. The normalized spacial score (nSPS) is 13.1. The Kier molecular flexibility index (Phi) is 8.18. The number of anilines is 2. The molecule has 0 radical (unpaired) electrons. The van der Waals surface area contributed by atoms with Gasteiger partial charge in [0.15, 0.2) is 6.61 Å². The van der Waals surface area contributed by atoms with E-state index in [4.69, 9.17) is 16.3 Å². The summed E-state index contributed by atoms with van der Waals surface area (Å²) < 4.78 is 33.6. The minimum atomic E-state index is -3.69. The van der Waals surface area contributed by atoms with Crippen molar-refractivity contribution in [2.75, 3.05) is 35.9 Å². The topological polar surface area (TPSA) is 101 Å². The summed E-state index contributed by atoms with van der Waals surface area (Å²) in [4.78, 5) is 16.7. The number of para-hydroxylation sites is 1. The minimum absolute atomic E-state index is 0.158. The largest absolute Gasteiger partial charge is 0.484 e. The van der Waals surface area contributed by atoms with Gasteiger partial charge in [0.25, 0.3) is 15.9 Å². The molecule has 0 saturated carbocycles. The summed E-state index contributed by atoms with van der Waals surface area (Å²) in [5.41, 5.74) is 3.54. The van der Waals surface area contributed by atoms with E-state index >= 15 is 0 Å². The molecule has 0 spiro atoms. The van der Waals surface area contributed by atoms with Crippen molar-refractivity contribution in [2.45, 2.75) is 24.2 Å². The van der Waals surface area contributed by atoms with Crippen molar-refractivity contribution < 1.29 is 17.9 Å². The van der Waals surface area contributed by atoms with Gasteiger partial charge in [-0.3, -0.25) is 14.1 Å². The van der Waals surface area contributed by atoms with Gasteiger partial charge in [-0.25, -0.2) is 8.42 Å². The molecule has 3 aromatic carbocycles. The number of sulfonamides is 1. The molecule has 1 amide bonds. The SMILES string of the molecule is O=C(COc1ccc(S(=O)(=O)N2CCCc3ccccc32)cc1)NCCCNc1ccnc2cc(Cl)ccc12. The third kappa shape index (κ3) is 6.26. The van der Waals surface area contributed by atoms with Gasteiger partial charge in [-0.15, -0.1) is 0 Å². The second-order valence-electron chi connectivity index (χ2n) is 9.22. The Bertz CT molecular complexity index is 1580. The van der Waals surface area contributed by atoms with Crippen molar-refractivity contribution >= 4 is 49.8 Å². The van der Waals surface area contributed by atoms with Gasteiger partial charge in [0.05, 0.1) is 16.1 Å². The van der Waals surface area contributed by atoms with Gasteiger partial charge in [-0.1, -0.05) is 29.8 Å². The lowest BCUT2D eigenvalue weighted by Crippen LogP contribution is -2.35. The van der Waals surface area contributed by atoms with Gasteiger partial charge in [0.2, 0.25) is 0 Å². The van der Waals surface area contributed by atoms with Crippen LogP contribution in [0.3, 0.4) is 0 Å². The third-order valence-electron chi connectivity index (χ3n) is 6.55. The van der Waals surface area contributed by atoms with E-state index in [9.17, 15) is 13.2 Å². The summed E-state index contributed by atoms with van der Waals surface area (Å²) in [6, 6.07) is 21.3. The molecule has 0 unspecified atom stereocenters. The molecule has 0 atom stereocenters. The second-order valence-corrected chi connectivity index (χ2v) is 11.5. The summed E-state index contributed by atoms with van der Waals surface area (Å²) in [5, 5.41) is 7.83. The maximum absolute atomic E-state index is 13.3. The number of fused-ring (bicyclic) bond motifs is 2. The summed E-state index contributed by atoms with van der Waals surface area (Å²) in [5.74, 6) is 0.176. The third-order valence-corrected chi connectivity index (χ3v) is 8.61. The number of rotatable bonds is 10. The summed E-state index contributed by atoms with van der Waals surface area (Å²) in [6.07, 6.45) is 4.09. The summed E-state index contributed by atoms with van der Waals surface area (Å²) in [7, 11) is -3.69. The van der Waals surface area contributed by atoms with Crippen LogP contribution < -0.4 is 19.7 Å². The van der Waals surface area contributed by atoms with Crippen LogP contribution in [-0.4, -0.2) is 45.6 Å². The molecule has 4 aromatic rings. The Morgan fingerprint density at radius 1 is 1.03 bits per heavy atom. The molecule has 2 heterocycles. The number of halogens is 1. The fraction of sp³-hybridized carbons (Fsp3) is 0.241. The molecule has 0 fully saturated rings. The van der Waals surface area contributed by atoms with Gasteiger partial charge in [0, 0.05) is 41.9 Å². The van der Waals surface area contributed by atoms with E-state index in [2.05, 4.69) is 15.6 Å². The Balaban J connectivity index is 1.07. The number of hydrogen-bond acceptors (Lipinski definition) is 6. The van der Waals surface area contributed by atoms with Crippen molar-refractivity contribution in [2.24, 2.45) is 0 Å². The molecular formula is C29H29ClN4O4S. The highest BCUT2D eigenvalue weighted by Gasteiger charge is 2.28. The van der Waals surface area contributed by atoms with Crippen molar-refractivity contribution in [3.8, 4) is 5.75 Å². The van der Waals surface area contributed by atoms with Gasteiger partial charge in [-0.2, -0.15) is 0 Å². The van der Waals surface area contributed by atoms with Gasteiger partial charge in [0.1, 0.15) is 5.75 Å². The number of carbonyl (C=O) groups excluding carboxylic acids is 1. The number of nitrogens with zero attached hydrogens (tertiary/aromatic N) is 2. The number of hydrogen-bond donors (Lipinski definition) is 2. The molecule has 0 saturated heterocycles. The maximum atomic E-state index is 13.3. The van der Waals surface area contributed by atoms with Crippen LogP contribution in [0.1, 0.15) is 18.4 Å². The molecular weight excluding hydrogens is 536 g/mol. The van der Waals surface area contributed by atoms with Crippen LogP contribution in [0, 0.1) is 0 Å². The molecule has 10 heteroatoms. The van der Waals surface area contributed by atoms with Crippen molar-refractivity contribution in [1.29, 1.82) is 0 Å². The predicted molar refractivity (Wildman–Crippen MR) is 154 cm³/mol. The number of amides is 1. The molecule has 202 valence electrons. The van der Waals surface area contributed by atoms with Crippen LogP contribution in [0.5, 0.6) is 5.75 Å². The first-order chi connectivity index (χ1) is 18.9. The standard InChI is InChI=1S/C29H29ClN4O4S/c30-22-8-13-25-26(14-17-32-27(25)19-22)31-15-4-16-33-29(35)20-38-23-9-11-24(12-10-23)39(36,37)34-18-3-6-21-5-1-2-7-28(21)34/h1-2,5,7-14,17,19H,3-4,6,15-16,18,20H2,(H,31,32)(H,33,35). The van der Waals surface area contributed by atoms with Gasteiger partial charge >= 0.3 is 0 Å². The first-order valence-electron chi connectivity index (χ1n) is 12.8. The lowest BCUT2D eigenvalue weighted by molar-refractivity contribution is -0.123. The Morgan fingerprint density at radius 3 is 2.69 bits per heavy atom. The van der Waals surface area contributed by atoms with Crippen molar-refractivity contribution in [3.05, 3.63) is 89.6 Å². The first-order valence-corrected chi connectivity index (χ1v) is 14.6. The van der Waals surface area contributed by atoms with E-state index in [1.807, 2.05) is 48.5 Å². The van der Waals surface area contributed by atoms with E-state index in [0.717, 1.165) is 47.1 Å². The Morgan fingerprint density at radius 2 is 1.85 bits per heavy atom. The number of benzene rings is 3. The van der Waals surface area contributed by atoms with Crippen LogP contribution in [0.15, 0.2) is 83.9 Å². The molecule has 0 bridgehead atoms. The molecule has 1 aliphatic rings. The van der Waals surface area contributed by atoms with Gasteiger partial charge in [-0.05, 0) is 79.4 Å². The molecule has 2 N–H and O–H groups in total. The van der Waals surface area contributed by atoms with E-state index in [1.54, 1.807) is 18.3 Å². The van der Waals surface area contributed by atoms with E-state index in [1.165, 1.54) is 16.4 Å². The Hall–Kier alpha value is -3.82. The smallest absolute Gasteiger partial charge is 0.264 e. The monoisotopic (exact) mass is 564 g/mol. The first kappa shape index (κ1) is 26.8. The van der Waals surface area contributed by atoms with Crippen LogP contribution in [0.25, 0.3) is 10.9 Å². The summed E-state index contributed by atoms with van der Waals surface area (Å²) in [6.45, 7) is 1.44. The second kappa shape index (κ2) is 11.9. The number of aromatic nitrogens is 1. The lowest BCUT2D eigenvalue weighted by atomic mass is 10.0. The van der Waals surface area contributed by atoms with Gasteiger partial charge < -0.3 is 15.4 Å². The molecule has 8 nitrogen and oxygen atoms in total. The van der Waals surface area contributed by atoms with E-state index < -0.39 is 10.0 Å². The average Bonchev–Trinajstić information content (AvgIpc) is 2.95. The molecule has 1 aromatic heterocycles. The molecule has 39 heavy (non-hydrogen) atoms. The molecule has 5 rings (SSSR count). The highest BCUT2D eigenvalue weighted by molar-refractivity contribution is 7.92. The zero-order valence-electron chi connectivity index (χ0n) is 21.3. The zero-order chi connectivity index (χ0) is 27.2. The van der Waals surface area contributed by atoms with Crippen LogP contribution in [0.2, 0.25) is 5.02 Å². The maximum Gasteiger partial charge on any atom is 0.264 e. The minimum Gasteiger partial charge on any atom is -0.484 e. The van der Waals surface area contributed by atoms with E-state index in [0.29, 0.717) is 30.4 Å². The van der Waals surface area contributed by atoms with Crippen molar-refractivity contribution in [1.82, 2.24) is 10.3 Å². The Labute approximate surface area is 233 Å². The van der Waals surface area contributed by atoms with Crippen LogP contribution in [-0.2, 0) is 21.2 Å². The van der Waals surface area contributed by atoms with Crippen molar-refractivity contribution in [3.63, 3.8) is 0 Å². The lowest BCUT2D eigenvalue weighted by Gasteiger charge is -2.30. The number of carbonyl (C=O) groups is 1. The quantitative estimate of drug-likeness (QED) is 0.262.